The predicted molar refractivity (Wildman–Crippen MR) is 120 cm³/mol. The number of halogens is 2. The Kier molecular flexibility index (Phi) is 6.91. The number of sulfonamides is 1. The number of nitrogens with one attached hydrogen (secondary N) is 1. The third-order valence-electron chi connectivity index (χ3n) is 3.96. The summed E-state index contributed by atoms with van der Waals surface area (Å²) < 4.78 is 30.8. The normalized spacial score (nSPS) is 11.4. The number of rotatable bonds is 6. The molecule has 0 fully saturated rings. The minimum atomic E-state index is -3.82. The quantitative estimate of drug-likeness (QED) is 0.222. The fourth-order valence-corrected chi connectivity index (χ4v) is 3.69. The first-order chi connectivity index (χ1) is 14.2. The molecule has 0 aliphatic carbocycles. The topological polar surface area (TPSA) is 84.8 Å². The average molecular weight is 508 g/mol. The van der Waals surface area contributed by atoms with Gasteiger partial charge in [-0.15, -0.1) is 0 Å². The Morgan fingerprint density at radius 1 is 1.07 bits per heavy atom. The number of esters is 1. The van der Waals surface area contributed by atoms with Crippen molar-refractivity contribution in [3.05, 3.63) is 92.9 Å². The van der Waals surface area contributed by atoms with E-state index in [0.717, 1.165) is 5.56 Å². The zero-order valence-electron chi connectivity index (χ0n) is 15.7. The number of carbonyl (C=O) groups excluding carboxylic acids is 1. The molecule has 9 heteroatoms. The summed E-state index contributed by atoms with van der Waals surface area (Å²) in [5.74, 6) is -0.361. The fourth-order valence-electron chi connectivity index (χ4n) is 2.39. The summed E-state index contributed by atoms with van der Waals surface area (Å²) in [6, 6.07) is 17.6. The van der Waals surface area contributed by atoms with Crippen LogP contribution in [0.25, 0.3) is 0 Å². The lowest BCUT2D eigenvalue weighted by Crippen LogP contribution is -2.18. The van der Waals surface area contributed by atoms with Crippen molar-refractivity contribution in [3.63, 3.8) is 0 Å². The van der Waals surface area contributed by atoms with E-state index in [-0.39, 0.29) is 10.6 Å². The van der Waals surface area contributed by atoms with Crippen LogP contribution < -0.4 is 9.57 Å². The molecule has 0 saturated carbocycles. The summed E-state index contributed by atoms with van der Waals surface area (Å²) >= 11 is 9.17. The number of nitrogens with zero attached hydrogens (tertiary/aromatic N) is 1. The average Bonchev–Trinajstić information content (AvgIpc) is 2.70. The highest BCUT2D eigenvalue weighted by atomic mass is 79.9. The Morgan fingerprint density at radius 3 is 2.40 bits per heavy atom. The second kappa shape index (κ2) is 9.42. The first-order valence-corrected chi connectivity index (χ1v) is 11.3. The largest absolute Gasteiger partial charge is 0.422 e. The van der Waals surface area contributed by atoms with Gasteiger partial charge in [-0.25, -0.2) is 9.63 Å². The Labute approximate surface area is 187 Å². The molecule has 0 amide bonds. The van der Waals surface area contributed by atoms with Gasteiger partial charge in [0.25, 0.3) is 10.0 Å². The molecule has 0 aromatic heterocycles. The number of hydrazone groups is 1. The second-order valence-electron chi connectivity index (χ2n) is 6.24. The molecular weight excluding hydrogens is 492 g/mol. The van der Waals surface area contributed by atoms with E-state index in [4.69, 9.17) is 16.3 Å². The van der Waals surface area contributed by atoms with Crippen LogP contribution in [-0.4, -0.2) is 20.6 Å². The number of aryl methyl sites for hydroxylation is 1. The van der Waals surface area contributed by atoms with Crippen LogP contribution in [0, 0.1) is 6.92 Å². The second-order valence-corrected chi connectivity index (χ2v) is 9.26. The Balaban J connectivity index is 1.78. The molecule has 1 N–H and O–H groups in total. The first kappa shape index (κ1) is 22.0. The Bertz CT molecular complexity index is 1190. The van der Waals surface area contributed by atoms with Gasteiger partial charge in [-0.2, -0.15) is 13.5 Å². The van der Waals surface area contributed by atoms with Gasteiger partial charge >= 0.3 is 5.97 Å². The van der Waals surface area contributed by atoms with Crippen molar-refractivity contribution in [3.8, 4) is 5.75 Å². The number of hydrogen-bond acceptors (Lipinski definition) is 5. The molecule has 30 heavy (non-hydrogen) atoms. The van der Waals surface area contributed by atoms with Crippen molar-refractivity contribution < 1.29 is 17.9 Å². The molecule has 6 nitrogen and oxygen atoms in total. The van der Waals surface area contributed by atoms with Crippen molar-refractivity contribution in [2.45, 2.75) is 11.8 Å². The smallest absolute Gasteiger partial charge is 0.343 e. The van der Waals surface area contributed by atoms with Crippen LogP contribution >= 0.6 is 27.5 Å². The monoisotopic (exact) mass is 506 g/mol. The third kappa shape index (κ3) is 5.69. The maximum Gasteiger partial charge on any atom is 0.343 e. The van der Waals surface area contributed by atoms with Crippen LogP contribution in [-0.2, 0) is 10.0 Å². The summed E-state index contributed by atoms with van der Waals surface area (Å²) in [6.07, 6.45) is 1.26. The molecule has 0 radical (unpaired) electrons. The van der Waals surface area contributed by atoms with E-state index in [1.807, 2.05) is 6.92 Å². The van der Waals surface area contributed by atoms with Gasteiger partial charge in [0.2, 0.25) is 0 Å². The van der Waals surface area contributed by atoms with Gasteiger partial charge in [0.1, 0.15) is 5.75 Å². The summed E-state index contributed by atoms with van der Waals surface area (Å²) in [6.45, 7) is 1.86. The highest BCUT2D eigenvalue weighted by Crippen LogP contribution is 2.23. The van der Waals surface area contributed by atoms with E-state index in [9.17, 15) is 13.2 Å². The summed E-state index contributed by atoms with van der Waals surface area (Å²) in [5.41, 5.74) is 1.67. The molecule has 0 aliphatic rings. The molecule has 0 spiro atoms. The standard InChI is InChI=1S/C21H16BrClN2O4S/c1-14-2-9-19(10-3-14)30(27,28)25-24-13-16-12-17(22)6-11-20(16)29-21(26)15-4-7-18(23)8-5-15/h2-13,25H,1H3/b24-13+. The van der Waals surface area contributed by atoms with Crippen molar-refractivity contribution in [2.24, 2.45) is 5.10 Å². The fraction of sp³-hybridized carbons (Fsp3) is 0.0476. The lowest BCUT2D eigenvalue weighted by atomic mass is 10.2. The van der Waals surface area contributed by atoms with Crippen LogP contribution in [0.5, 0.6) is 5.75 Å². The van der Waals surface area contributed by atoms with Gasteiger partial charge in [-0.3, -0.25) is 0 Å². The van der Waals surface area contributed by atoms with Crippen molar-refractivity contribution in [2.75, 3.05) is 0 Å². The number of benzene rings is 3. The lowest BCUT2D eigenvalue weighted by Gasteiger charge is -2.08. The molecule has 3 aromatic rings. The van der Waals surface area contributed by atoms with Gasteiger partial charge < -0.3 is 4.74 Å². The van der Waals surface area contributed by atoms with Crippen LogP contribution in [0.4, 0.5) is 0 Å². The maximum atomic E-state index is 12.4. The number of hydrogen-bond donors (Lipinski definition) is 1. The molecule has 0 aliphatic heterocycles. The zero-order valence-corrected chi connectivity index (χ0v) is 18.8. The van der Waals surface area contributed by atoms with E-state index >= 15 is 0 Å². The van der Waals surface area contributed by atoms with Crippen molar-refractivity contribution in [1.29, 1.82) is 0 Å². The van der Waals surface area contributed by atoms with E-state index in [2.05, 4.69) is 25.9 Å². The highest BCUT2D eigenvalue weighted by molar-refractivity contribution is 9.10. The van der Waals surface area contributed by atoms with Crippen molar-refractivity contribution >= 4 is 49.7 Å². The molecule has 0 saturated heterocycles. The SMILES string of the molecule is Cc1ccc(S(=O)(=O)N/N=C/c2cc(Br)ccc2OC(=O)c2ccc(Cl)cc2)cc1. The van der Waals surface area contributed by atoms with Crippen molar-refractivity contribution in [1.82, 2.24) is 4.83 Å². The van der Waals surface area contributed by atoms with Gasteiger partial charge in [0.05, 0.1) is 16.7 Å². The highest BCUT2D eigenvalue weighted by Gasteiger charge is 2.14. The molecule has 0 bridgehead atoms. The lowest BCUT2D eigenvalue weighted by molar-refractivity contribution is 0.0734. The molecule has 3 aromatic carbocycles. The van der Waals surface area contributed by atoms with Gasteiger partial charge in [-0.1, -0.05) is 45.2 Å². The predicted octanol–water partition coefficient (Wildman–Crippen LogP) is 4.94. The molecule has 0 atom stereocenters. The van der Waals surface area contributed by atoms with Crippen LogP contribution in [0.15, 0.2) is 81.2 Å². The van der Waals surface area contributed by atoms with Crippen LogP contribution in [0.3, 0.4) is 0 Å². The molecule has 0 unspecified atom stereocenters. The zero-order chi connectivity index (χ0) is 21.7. The van der Waals surface area contributed by atoms with Crippen LogP contribution in [0.2, 0.25) is 5.02 Å². The Morgan fingerprint density at radius 2 is 1.73 bits per heavy atom. The van der Waals surface area contributed by atoms with Crippen LogP contribution in [0.1, 0.15) is 21.5 Å². The third-order valence-corrected chi connectivity index (χ3v) is 5.95. The van der Waals surface area contributed by atoms with Gasteiger partial charge in [-0.05, 0) is 61.5 Å². The number of carbonyl (C=O) groups is 1. The summed E-state index contributed by atoms with van der Waals surface area (Å²) in [5, 5.41) is 4.32. The summed E-state index contributed by atoms with van der Waals surface area (Å²) in [7, 11) is -3.82. The minimum Gasteiger partial charge on any atom is -0.422 e. The minimum absolute atomic E-state index is 0.0916. The van der Waals surface area contributed by atoms with E-state index in [0.29, 0.717) is 20.6 Å². The number of ether oxygens (including phenoxy) is 1. The Hall–Kier alpha value is -2.68. The summed E-state index contributed by atoms with van der Waals surface area (Å²) in [4.78, 5) is 14.6. The first-order valence-electron chi connectivity index (χ1n) is 8.63. The molecule has 0 heterocycles. The maximum absolute atomic E-state index is 12.4. The van der Waals surface area contributed by atoms with Gasteiger partial charge in [0.15, 0.2) is 0 Å². The van der Waals surface area contributed by atoms with E-state index < -0.39 is 16.0 Å². The molecular formula is C21H16BrClN2O4S. The molecule has 3 rings (SSSR count). The van der Waals surface area contributed by atoms with E-state index in [1.165, 1.54) is 18.3 Å². The van der Waals surface area contributed by atoms with Gasteiger partial charge in [0, 0.05) is 15.1 Å². The molecule has 154 valence electrons. The van der Waals surface area contributed by atoms with E-state index in [1.54, 1.807) is 54.6 Å².